The lowest BCUT2D eigenvalue weighted by atomic mass is 10.1. The van der Waals surface area contributed by atoms with Crippen molar-refractivity contribution in [3.05, 3.63) is 30.0 Å². The van der Waals surface area contributed by atoms with Gasteiger partial charge in [0.15, 0.2) is 11.5 Å². The predicted octanol–water partition coefficient (Wildman–Crippen LogP) is 1.80. The van der Waals surface area contributed by atoms with E-state index in [1.807, 2.05) is 24.4 Å². The Bertz CT molecular complexity index is 789. The van der Waals surface area contributed by atoms with Crippen LogP contribution < -0.4 is 14.8 Å². The molecule has 1 atom stereocenters. The Hall–Kier alpha value is -2.09. The number of hydrogen-bond acceptors (Lipinski definition) is 6. The summed E-state index contributed by atoms with van der Waals surface area (Å²) in [5.74, 6) is 1.60. The van der Waals surface area contributed by atoms with Crippen LogP contribution in [0.2, 0.25) is 0 Å². The molecule has 3 aliphatic rings. The number of benzene rings is 1. The van der Waals surface area contributed by atoms with Gasteiger partial charge in [-0.3, -0.25) is 10.00 Å². The first-order valence-corrected chi connectivity index (χ1v) is 9.85. The zero-order valence-corrected chi connectivity index (χ0v) is 15.4. The number of aromatic amines is 1. The largest absolute Gasteiger partial charge is 0.486 e. The fraction of sp³-hybridized carbons (Fsp3) is 0.550. The van der Waals surface area contributed by atoms with Crippen LogP contribution in [0, 0.1) is 0 Å². The van der Waals surface area contributed by atoms with Crippen molar-refractivity contribution in [2.75, 3.05) is 39.5 Å². The molecule has 7 heteroatoms. The highest BCUT2D eigenvalue weighted by Gasteiger charge is 2.32. The number of H-pyrrole nitrogens is 1. The van der Waals surface area contributed by atoms with Crippen LogP contribution in [-0.4, -0.2) is 66.7 Å². The van der Waals surface area contributed by atoms with Gasteiger partial charge in [-0.15, -0.1) is 0 Å². The lowest BCUT2D eigenvalue weighted by molar-refractivity contribution is -0.0301. The lowest BCUT2D eigenvalue weighted by Gasteiger charge is -2.33. The molecule has 0 bridgehead atoms. The van der Waals surface area contributed by atoms with E-state index in [4.69, 9.17) is 14.2 Å². The maximum Gasteiger partial charge on any atom is 0.162 e. The van der Waals surface area contributed by atoms with Crippen LogP contribution in [0.5, 0.6) is 11.5 Å². The summed E-state index contributed by atoms with van der Waals surface area (Å²) < 4.78 is 17.2. The molecule has 0 radical (unpaired) electrons. The number of rotatable bonds is 6. The van der Waals surface area contributed by atoms with E-state index in [-0.39, 0.29) is 6.10 Å². The minimum Gasteiger partial charge on any atom is -0.486 e. The number of nitrogens with zero attached hydrogens (tertiary/aromatic N) is 2. The van der Waals surface area contributed by atoms with Gasteiger partial charge in [0, 0.05) is 43.3 Å². The monoisotopic (exact) mass is 370 g/mol. The topological polar surface area (TPSA) is 71.6 Å². The Morgan fingerprint density at radius 1 is 1.15 bits per heavy atom. The van der Waals surface area contributed by atoms with Crippen molar-refractivity contribution in [1.29, 1.82) is 0 Å². The summed E-state index contributed by atoms with van der Waals surface area (Å²) in [6.45, 7) is 5.77. The van der Waals surface area contributed by atoms with Crippen LogP contribution in [0.4, 0.5) is 0 Å². The van der Waals surface area contributed by atoms with Crippen LogP contribution >= 0.6 is 0 Å². The highest BCUT2D eigenvalue weighted by Crippen LogP contribution is 2.34. The summed E-state index contributed by atoms with van der Waals surface area (Å²) in [6, 6.07) is 6.84. The van der Waals surface area contributed by atoms with Crippen molar-refractivity contribution in [2.24, 2.45) is 0 Å². The van der Waals surface area contributed by atoms with Crippen molar-refractivity contribution >= 4 is 0 Å². The summed E-state index contributed by atoms with van der Waals surface area (Å²) in [4.78, 5) is 2.58. The summed E-state index contributed by atoms with van der Waals surface area (Å²) in [5.41, 5.74) is 3.22. The van der Waals surface area contributed by atoms with Crippen molar-refractivity contribution < 1.29 is 14.2 Å². The molecule has 1 saturated heterocycles. The molecule has 1 saturated carbocycles. The molecule has 0 amide bonds. The van der Waals surface area contributed by atoms with Crippen LogP contribution in [-0.2, 0) is 11.3 Å². The Kier molecular flexibility index (Phi) is 4.73. The molecule has 144 valence electrons. The van der Waals surface area contributed by atoms with E-state index in [2.05, 4.69) is 20.4 Å². The molecule has 1 aliphatic carbocycles. The van der Waals surface area contributed by atoms with Crippen molar-refractivity contribution in [3.8, 4) is 22.8 Å². The summed E-state index contributed by atoms with van der Waals surface area (Å²) in [6.07, 6.45) is 4.86. The molecule has 3 heterocycles. The SMILES string of the molecule is c1cc2c(cc1-c1[nH]ncc1CNCC1CN(C3CC3)CCO1)OCCO2. The van der Waals surface area contributed by atoms with Crippen molar-refractivity contribution in [3.63, 3.8) is 0 Å². The highest BCUT2D eigenvalue weighted by molar-refractivity contribution is 5.66. The third-order valence-electron chi connectivity index (χ3n) is 5.47. The number of hydrogen-bond donors (Lipinski definition) is 2. The second kappa shape index (κ2) is 7.50. The summed E-state index contributed by atoms with van der Waals surface area (Å²) >= 11 is 0. The Morgan fingerprint density at radius 3 is 2.93 bits per heavy atom. The molecule has 0 spiro atoms. The van der Waals surface area contributed by atoms with E-state index in [9.17, 15) is 0 Å². The molecule has 1 aromatic carbocycles. The quantitative estimate of drug-likeness (QED) is 0.808. The number of fused-ring (bicyclic) bond motifs is 1. The van der Waals surface area contributed by atoms with Gasteiger partial charge in [-0.25, -0.2) is 0 Å². The average molecular weight is 370 g/mol. The van der Waals surface area contributed by atoms with E-state index < -0.39 is 0 Å². The van der Waals surface area contributed by atoms with Crippen molar-refractivity contribution in [1.82, 2.24) is 20.4 Å². The first kappa shape index (κ1) is 17.0. The third-order valence-corrected chi connectivity index (χ3v) is 5.47. The first-order chi connectivity index (χ1) is 13.4. The van der Waals surface area contributed by atoms with Crippen LogP contribution in [0.25, 0.3) is 11.3 Å². The molecule has 7 nitrogen and oxygen atoms in total. The van der Waals surface area contributed by atoms with Gasteiger partial charge in [0.1, 0.15) is 13.2 Å². The second-order valence-electron chi connectivity index (χ2n) is 7.48. The standard InChI is InChI=1S/C20H26N4O3/c1-4-18-19(27-8-7-26-18)9-14(1)20-15(11-22-23-20)10-21-12-17-13-24(5-6-25-17)16-2-3-16/h1,4,9,11,16-17,21H,2-3,5-8,10,12-13H2,(H,22,23). The molecule has 2 N–H and O–H groups in total. The summed E-state index contributed by atoms with van der Waals surface area (Å²) in [5, 5.41) is 10.9. The zero-order chi connectivity index (χ0) is 18.1. The first-order valence-electron chi connectivity index (χ1n) is 9.85. The maximum atomic E-state index is 5.92. The maximum absolute atomic E-state index is 5.92. The minimum atomic E-state index is 0.268. The fourth-order valence-electron chi connectivity index (χ4n) is 3.90. The van der Waals surface area contributed by atoms with Gasteiger partial charge in [-0.1, -0.05) is 0 Å². The number of ether oxygens (including phenoxy) is 3. The van der Waals surface area contributed by atoms with Gasteiger partial charge in [-0.2, -0.15) is 5.10 Å². The molecule has 1 aromatic heterocycles. The average Bonchev–Trinajstić information content (AvgIpc) is 3.47. The van der Waals surface area contributed by atoms with Crippen LogP contribution in [0.3, 0.4) is 0 Å². The number of morpholine rings is 1. The minimum absolute atomic E-state index is 0.268. The van der Waals surface area contributed by atoms with E-state index in [0.29, 0.717) is 13.2 Å². The van der Waals surface area contributed by atoms with E-state index in [0.717, 1.165) is 67.1 Å². The van der Waals surface area contributed by atoms with Gasteiger partial charge in [-0.05, 0) is 31.0 Å². The molecule has 27 heavy (non-hydrogen) atoms. The summed E-state index contributed by atoms with van der Waals surface area (Å²) in [7, 11) is 0. The zero-order valence-electron chi connectivity index (χ0n) is 15.4. The molecule has 1 unspecified atom stereocenters. The fourth-order valence-corrected chi connectivity index (χ4v) is 3.90. The van der Waals surface area contributed by atoms with E-state index in [1.165, 1.54) is 12.8 Å². The van der Waals surface area contributed by atoms with Gasteiger partial charge >= 0.3 is 0 Å². The van der Waals surface area contributed by atoms with E-state index in [1.54, 1.807) is 0 Å². The second-order valence-corrected chi connectivity index (χ2v) is 7.48. The van der Waals surface area contributed by atoms with Crippen LogP contribution in [0.1, 0.15) is 18.4 Å². The molecule has 2 aromatic rings. The molecular formula is C20H26N4O3. The van der Waals surface area contributed by atoms with Gasteiger partial charge in [0.25, 0.3) is 0 Å². The Labute approximate surface area is 159 Å². The third kappa shape index (κ3) is 3.81. The van der Waals surface area contributed by atoms with Crippen LogP contribution in [0.15, 0.2) is 24.4 Å². The van der Waals surface area contributed by atoms with E-state index >= 15 is 0 Å². The number of nitrogens with one attached hydrogen (secondary N) is 2. The molecule has 5 rings (SSSR count). The highest BCUT2D eigenvalue weighted by atomic mass is 16.6. The molecular weight excluding hydrogens is 344 g/mol. The molecule has 2 aliphatic heterocycles. The van der Waals surface area contributed by atoms with Gasteiger partial charge in [0.2, 0.25) is 0 Å². The molecule has 2 fully saturated rings. The lowest BCUT2D eigenvalue weighted by Crippen LogP contribution is -2.47. The van der Waals surface area contributed by atoms with Crippen molar-refractivity contribution in [2.45, 2.75) is 31.5 Å². The smallest absolute Gasteiger partial charge is 0.162 e. The van der Waals surface area contributed by atoms with Gasteiger partial charge < -0.3 is 19.5 Å². The van der Waals surface area contributed by atoms with Gasteiger partial charge in [0.05, 0.1) is 24.6 Å². The predicted molar refractivity (Wildman–Crippen MR) is 101 cm³/mol. The number of aromatic nitrogens is 2. The Morgan fingerprint density at radius 2 is 2.04 bits per heavy atom. The Balaban J connectivity index is 1.20. The normalized spacial score (nSPS) is 22.7.